The molecule has 1 heterocycles. The van der Waals surface area contributed by atoms with Gasteiger partial charge >= 0.3 is 0 Å². The monoisotopic (exact) mass is 297 g/mol. The van der Waals surface area contributed by atoms with Crippen LogP contribution in [-0.2, 0) is 13.6 Å². The molecule has 16 heavy (non-hydrogen) atoms. The summed E-state index contributed by atoms with van der Waals surface area (Å²) in [5.74, 6) is 0. The lowest BCUT2D eigenvalue weighted by Gasteiger charge is -2.07. The molecule has 0 bridgehead atoms. The van der Waals surface area contributed by atoms with Crippen LogP contribution in [0.15, 0.2) is 44.9 Å². The van der Waals surface area contributed by atoms with Crippen LogP contribution in [0, 0.1) is 0 Å². The van der Waals surface area contributed by atoms with E-state index in [4.69, 9.17) is 5.73 Å². The van der Waals surface area contributed by atoms with Crippen LogP contribution in [-0.4, -0.2) is 9.78 Å². The van der Waals surface area contributed by atoms with Gasteiger partial charge in [0.25, 0.3) is 0 Å². The van der Waals surface area contributed by atoms with Gasteiger partial charge in [-0.3, -0.25) is 4.68 Å². The van der Waals surface area contributed by atoms with E-state index in [1.165, 1.54) is 4.90 Å². The third kappa shape index (κ3) is 2.48. The summed E-state index contributed by atoms with van der Waals surface area (Å²) in [6.07, 6.45) is 3.84. The predicted octanol–water partition coefficient (Wildman–Crippen LogP) is 2.79. The second-order valence-electron chi connectivity index (χ2n) is 3.37. The fraction of sp³-hybridized carbons (Fsp3) is 0.182. The third-order valence-electron chi connectivity index (χ3n) is 2.19. The van der Waals surface area contributed by atoms with Gasteiger partial charge in [-0.1, -0.05) is 33.8 Å². The molecule has 0 aliphatic rings. The molecule has 0 aliphatic carbocycles. The number of aryl methyl sites for hydroxylation is 1. The predicted molar refractivity (Wildman–Crippen MR) is 69.4 cm³/mol. The topological polar surface area (TPSA) is 43.8 Å². The largest absolute Gasteiger partial charge is 0.326 e. The molecule has 0 saturated heterocycles. The van der Waals surface area contributed by atoms with Crippen molar-refractivity contribution in [3.63, 3.8) is 0 Å². The Morgan fingerprint density at radius 1 is 1.50 bits per heavy atom. The molecule has 5 heteroatoms. The summed E-state index contributed by atoms with van der Waals surface area (Å²) >= 11 is 5.19. The van der Waals surface area contributed by atoms with Crippen LogP contribution < -0.4 is 5.73 Å². The van der Waals surface area contributed by atoms with Gasteiger partial charge in [0.05, 0.1) is 11.1 Å². The molecule has 1 aromatic carbocycles. The minimum atomic E-state index is 0.532. The summed E-state index contributed by atoms with van der Waals surface area (Å²) in [7, 11) is 1.91. The van der Waals surface area contributed by atoms with Crippen molar-refractivity contribution in [3.05, 3.63) is 40.6 Å². The summed E-state index contributed by atoms with van der Waals surface area (Å²) < 4.78 is 2.85. The molecule has 0 amide bonds. The summed E-state index contributed by atoms with van der Waals surface area (Å²) in [5, 5.41) is 4.14. The number of hydrogen-bond donors (Lipinski definition) is 1. The number of rotatable bonds is 3. The van der Waals surface area contributed by atoms with Crippen molar-refractivity contribution in [3.8, 4) is 0 Å². The van der Waals surface area contributed by atoms with Crippen molar-refractivity contribution in [1.82, 2.24) is 9.78 Å². The number of nitrogens with two attached hydrogens (primary N) is 1. The van der Waals surface area contributed by atoms with Gasteiger partial charge in [-0.2, -0.15) is 5.10 Å². The number of aromatic nitrogens is 2. The van der Waals surface area contributed by atoms with E-state index in [0.717, 1.165) is 14.9 Å². The Labute approximate surface area is 107 Å². The van der Waals surface area contributed by atoms with Crippen LogP contribution in [0.5, 0.6) is 0 Å². The smallest absolute Gasteiger partial charge is 0.0629 e. The van der Waals surface area contributed by atoms with Crippen LogP contribution in [0.4, 0.5) is 0 Å². The average molecular weight is 298 g/mol. The molecule has 0 fully saturated rings. The Hall–Kier alpha value is -0.780. The van der Waals surface area contributed by atoms with Gasteiger partial charge in [-0.05, 0) is 17.7 Å². The molecule has 2 rings (SSSR count). The minimum Gasteiger partial charge on any atom is -0.326 e. The lowest BCUT2D eigenvalue weighted by Crippen LogP contribution is -1.99. The molecule has 0 spiro atoms. The fourth-order valence-corrected chi connectivity index (χ4v) is 3.09. The van der Waals surface area contributed by atoms with Crippen molar-refractivity contribution in [1.29, 1.82) is 0 Å². The Morgan fingerprint density at radius 3 is 2.94 bits per heavy atom. The highest BCUT2D eigenvalue weighted by Crippen LogP contribution is 2.33. The molecular weight excluding hydrogens is 286 g/mol. The second-order valence-corrected chi connectivity index (χ2v) is 5.34. The molecular formula is C11H12BrN3S. The Morgan fingerprint density at radius 2 is 2.31 bits per heavy atom. The van der Waals surface area contributed by atoms with Gasteiger partial charge in [0.15, 0.2) is 0 Å². The molecule has 0 radical (unpaired) electrons. The van der Waals surface area contributed by atoms with Crippen molar-refractivity contribution in [2.24, 2.45) is 12.8 Å². The molecule has 1 aromatic heterocycles. The fourth-order valence-electron chi connectivity index (χ4n) is 1.41. The SMILES string of the molecule is Cn1cc(Sc2cccc(Br)c2CN)cn1. The maximum Gasteiger partial charge on any atom is 0.0629 e. The van der Waals surface area contributed by atoms with Gasteiger partial charge in [-0.15, -0.1) is 0 Å². The van der Waals surface area contributed by atoms with Crippen LogP contribution >= 0.6 is 27.7 Å². The highest BCUT2D eigenvalue weighted by atomic mass is 79.9. The van der Waals surface area contributed by atoms with Crippen molar-refractivity contribution in [2.45, 2.75) is 16.3 Å². The van der Waals surface area contributed by atoms with E-state index in [-0.39, 0.29) is 0 Å². The van der Waals surface area contributed by atoms with Crippen molar-refractivity contribution < 1.29 is 0 Å². The van der Waals surface area contributed by atoms with Gasteiger partial charge in [0.1, 0.15) is 0 Å². The van der Waals surface area contributed by atoms with E-state index in [9.17, 15) is 0 Å². The Bertz CT molecular complexity index is 496. The van der Waals surface area contributed by atoms with Crippen LogP contribution in [0.1, 0.15) is 5.56 Å². The number of hydrogen-bond acceptors (Lipinski definition) is 3. The lowest BCUT2D eigenvalue weighted by molar-refractivity contribution is 0.766. The molecule has 0 saturated carbocycles. The van der Waals surface area contributed by atoms with Crippen LogP contribution in [0.2, 0.25) is 0 Å². The quantitative estimate of drug-likeness (QED) is 0.947. The van der Waals surface area contributed by atoms with E-state index < -0.39 is 0 Å². The summed E-state index contributed by atoms with van der Waals surface area (Å²) in [4.78, 5) is 2.29. The first-order chi connectivity index (χ1) is 7.70. The summed E-state index contributed by atoms with van der Waals surface area (Å²) in [6, 6.07) is 6.10. The molecule has 2 N–H and O–H groups in total. The molecule has 3 nitrogen and oxygen atoms in total. The number of nitrogens with zero attached hydrogens (tertiary/aromatic N) is 2. The Kier molecular flexibility index (Phi) is 3.68. The van der Waals surface area contributed by atoms with Gasteiger partial charge in [-0.25, -0.2) is 0 Å². The van der Waals surface area contributed by atoms with E-state index >= 15 is 0 Å². The summed E-state index contributed by atoms with van der Waals surface area (Å²) in [6.45, 7) is 0.532. The molecule has 0 aliphatic heterocycles. The van der Waals surface area contributed by atoms with E-state index in [1.54, 1.807) is 16.4 Å². The molecule has 2 aromatic rings. The first-order valence-electron chi connectivity index (χ1n) is 4.84. The first kappa shape index (κ1) is 11.7. The zero-order valence-corrected chi connectivity index (χ0v) is 11.3. The molecule has 0 atom stereocenters. The van der Waals surface area contributed by atoms with E-state index in [0.29, 0.717) is 6.54 Å². The van der Waals surface area contributed by atoms with Gasteiger partial charge < -0.3 is 5.73 Å². The summed E-state index contributed by atoms with van der Waals surface area (Å²) in [5.41, 5.74) is 6.88. The second kappa shape index (κ2) is 5.03. The van der Waals surface area contributed by atoms with Gasteiger partial charge in [0.2, 0.25) is 0 Å². The number of benzene rings is 1. The zero-order valence-electron chi connectivity index (χ0n) is 8.85. The lowest BCUT2D eigenvalue weighted by atomic mass is 10.2. The average Bonchev–Trinajstić information content (AvgIpc) is 2.64. The zero-order chi connectivity index (χ0) is 11.5. The Balaban J connectivity index is 2.30. The minimum absolute atomic E-state index is 0.532. The molecule has 84 valence electrons. The maximum atomic E-state index is 5.75. The molecule has 0 unspecified atom stereocenters. The van der Waals surface area contributed by atoms with Crippen molar-refractivity contribution >= 4 is 27.7 Å². The standard InChI is InChI=1S/C11H12BrN3S/c1-15-7-8(6-14-15)16-11-4-2-3-10(12)9(11)5-13/h2-4,6-7H,5,13H2,1H3. The van der Waals surface area contributed by atoms with E-state index in [1.807, 2.05) is 31.6 Å². The maximum absolute atomic E-state index is 5.75. The van der Waals surface area contributed by atoms with Gasteiger partial charge in [0, 0.05) is 29.2 Å². The normalized spacial score (nSPS) is 10.7. The van der Waals surface area contributed by atoms with Crippen LogP contribution in [0.25, 0.3) is 0 Å². The highest BCUT2D eigenvalue weighted by Gasteiger charge is 2.07. The van der Waals surface area contributed by atoms with Crippen LogP contribution in [0.3, 0.4) is 0 Å². The third-order valence-corrected chi connectivity index (χ3v) is 3.98. The van der Waals surface area contributed by atoms with Crippen molar-refractivity contribution in [2.75, 3.05) is 0 Å². The van der Waals surface area contributed by atoms with E-state index in [2.05, 4.69) is 27.1 Å². The first-order valence-corrected chi connectivity index (χ1v) is 6.45. The number of halogens is 1. The highest BCUT2D eigenvalue weighted by molar-refractivity contribution is 9.10.